The van der Waals surface area contributed by atoms with E-state index in [0.717, 1.165) is 45.7 Å². The van der Waals surface area contributed by atoms with Crippen LogP contribution in [0.15, 0.2) is 88.3 Å². The summed E-state index contributed by atoms with van der Waals surface area (Å²) in [6, 6.07) is 26.9. The molecule has 2 heteroatoms. The van der Waals surface area contributed by atoms with Gasteiger partial charge in [0.05, 0.1) is 5.71 Å². The van der Waals surface area contributed by atoms with Crippen molar-refractivity contribution in [2.24, 2.45) is 4.99 Å². The van der Waals surface area contributed by atoms with Crippen LogP contribution in [0, 0.1) is 0 Å². The number of hydrogen-bond acceptors (Lipinski definition) is 2. The molecule has 0 bridgehead atoms. The van der Waals surface area contributed by atoms with E-state index < -0.39 is 0 Å². The van der Waals surface area contributed by atoms with Crippen LogP contribution >= 0.6 is 0 Å². The summed E-state index contributed by atoms with van der Waals surface area (Å²) in [6.07, 6.45) is 0.804. The number of para-hydroxylation sites is 1. The average Bonchev–Trinajstić information content (AvgIpc) is 2.92. The van der Waals surface area contributed by atoms with Crippen LogP contribution < -0.4 is 0 Å². The van der Waals surface area contributed by atoms with E-state index in [-0.39, 0.29) is 0 Å². The molecule has 1 aliphatic rings. The van der Waals surface area contributed by atoms with E-state index >= 15 is 0 Å². The molecule has 0 amide bonds. The molecule has 0 radical (unpaired) electrons. The maximum absolute atomic E-state index is 6.17. The van der Waals surface area contributed by atoms with Crippen molar-refractivity contribution in [3.05, 3.63) is 90.0 Å². The number of fused-ring (bicyclic) bond motifs is 5. The van der Waals surface area contributed by atoms with Crippen molar-refractivity contribution in [2.45, 2.75) is 6.42 Å². The molecule has 114 valence electrons. The predicted octanol–water partition coefficient (Wildman–Crippen LogP) is 5.78. The lowest BCUT2D eigenvalue weighted by molar-refractivity contribution is 0.632. The normalized spacial score (nSPS) is 13.1. The van der Waals surface area contributed by atoms with E-state index in [4.69, 9.17) is 9.41 Å². The molecule has 0 saturated heterocycles. The number of hydrogen-bond donors (Lipinski definition) is 0. The highest BCUT2D eigenvalue weighted by molar-refractivity contribution is 6.09. The smallest absolute Gasteiger partial charge is 0.161 e. The molecule has 1 aliphatic heterocycles. The van der Waals surface area contributed by atoms with E-state index in [1.165, 1.54) is 5.56 Å². The largest absolute Gasteiger partial charge is 0.454 e. The highest BCUT2D eigenvalue weighted by atomic mass is 16.3. The van der Waals surface area contributed by atoms with Gasteiger partial charge in [-0.15, -0.1) is 0 Å². The fraction of sp³-hybridized carbons (Fsp3) is 0.0455. The Kier molecular flexibility index (Phi) is 2.89. The highest BCUT2D eigenvalue weighted by Gasteiger charge is 2.22. The number of aliphatic imine (C=N–C) groups is 1. The molecule has 0 fully saturated rings. The Labute approximate surface area is 140 Å². The Balaban J connectivity index is 1.85. The molecular weight excluding hydrogens is 294 g/mol. The van der Waals surface area contributed by atoms with E-state index in [2.05, 4.69) is 54.6 Å². The van der Waals surface area contributed by atoms with Crippen LogP contribution in [0.1, 0.15) is 11.1 Å². The lowest BCUT2D eigenvalue weighted by atomic mass is 9.98. The first-order valence-electron chi connectivity index (χ1n) is 8.13. The molecule has 5 rings (SSSR count). The molecule has 0 unspecified atom stereocenters. The van der Waals surface area contributed by atoms with Crippen molar-refractivity contribution < 1.29 is 4.42 Å². The molecule has 2 nitrogen and oxygen atoms in total. The second-order valence-electron chi connectivity index (χ2n) is 6.03. The first-order chi connectivity index (χ1) is 11.9. The zero-order valence-electron chi connectivity index (χ0n) is 13.1. The third kappa shape index (κ3) is 2.00. The molecule has 24 heavy (non-hydrogen) atoms. The predicted molar refractivity (Wildman–Crippen MR) is 98.0 cm³/mol. The van der Waals surface area contributed by atoms with Crippen molar-refractivity contribution in [3.8, 4) is 11.3 Å². The molecule has 0 N–H and O–H groups in total. The van der Waals surface area contributed by atoms with Crippen LogP contribution in [0.25, 0.3) is 22.3 Å². The van der Waals surface area contributed by atoms with Gasteiger partial charge in [0.25, 0.3) is 0 Å². The summed E-state index contributed by atoms with van der Waals surface area (Å²) < 4.78 is 6.17. The van der Waals surface area contributed by atoms with Gasteiger partial charge in [0, 0.05) is 17.4 Å². The lowest BCUT2D eigenvalue weighted by Gasteiger charge is -2.07. The van der Waals surface area contributed by atoms with Gasteiger partial charge in [0.1, 0.15) is 11.3 Å². The van der Waals surface area contributed by atoms with Gasteiger partial charge in [0.2, 0.25) is 0 Å². The summed E-state index contributed by atoms with van der Waals surface area (Å²) in [5, 5.41) is 1.07. The van der Waals surface area contributed by atoms with Gasteiger partial charge < -0.3 is 4.42 Å². The summed E-state index contributed by atoms with van der Waals surface area (Å²) >= 11 is 0. The third-order valence-corrected chi connectivity index (χ3v) is 4.54. The Morgan fingerprint density at radius 3 is 2.42 bits per heavy atom. The first-order valence-corrected chi connectivity index (χ1v) is 8.13. The minimum absolute atomic E-state index is 0.804. The lowest BCUT2D eigenvalue weighted by Crippen LogP contribution is -2.04. The number of rotatable bonds is 1. The van der Waals surface area contributed by atoms with Crippen LogP contribution in [-0.2, 0) is 6.42 Å². The van der Waals surface area contributed by atoms with E-state index in [1.54, 1.807) is 0 Å². The minimum Gasteiger partial charge on any atom is -0.454 e. The van der Waals surface area contributed by atoms with E-state index in [1.807, 2.05) is 24.3 Å². The fourth-order valence-corrected chi connectivity index (χ4v) is 3.37. The Morgan fingerprint density at radius 2 is 1.50 bits per heavy atom. The van der Waals surface area contributed by atoms with E-state index in [9.17, 15) is 0 Å². The van der Waals surface area contributed by atoms with Gasteiger partial charge >= 0.3 is 0 Å². The van der Waals surface area contributed by atoms with E-state index in [0.29, 0.717) is 0 Å². The molecular formula is C22H15NO. The van der Waals surface area contributed by atoms with Gasteiger partial charge in [0.15, 0.2) is 5.76 Å². The summed E-state index contributed by atoms with van der Waals surface area (Å²) in [6.45, 7) is 0. The zero-order valence-corrected chi connectivity index (χ0v) is 13.1. The molecule has 0 spiro atoms. The van der Waals surface area contributed by atoms with Crippen molar-refractivity contribution in [1.82, 2.24) is 0 Å². The second-order valence-corrected chi connectivity index (χ2v) is 6.03. The van der Waals surface area contributed by atoms with Gasteiger partial charge in [-0.05, 0) is 23.3 Å². The summed E-state index contributed by atoms with van der Waals surface area (Å²) in [4.78, 5) is 5.04. The summed E-state index contributed by atoms with van der Waals surface area (Å²) in [5.74, 6) is 0.873. The minimum atomic E-state index is 0.804. The third-order valence-electron chi connectivity index (χ3n) is 4.54. The molecule has 0 atom stereocenters. The highest BCUT2D eigenvalue weighted by Crippen LogP contribution is 2.43. The Hall–Kier alpha value is -3.13. The SMILES string of the molecule is c1ccc(C2=Nc3c(oc4ccccc34)-c3ccccc3C2)cc1. The van der Waals surface area contributed by atoms with Crippen LogP contribution in [0.5, 0.6) is 0 Å². The molecule has 0 saturated carbocycles. The quantitative estimate of drug-likeness (QED) is 0.438. The van der Waals surface area contributed by atoms with Gasteiger partial charge in [-0.1, -0.05) is 66.7 Å². The zero-order chi connectivity index (χ0) is 15.9. The van der Waals surface area contributed by atoms with Crippen molar-refractivity contribution in [2.75, 3.05) is 0 Å². The van der Waals surface area contributed by atoms with Crippen molar-refractivity contribution in [1.29, 1.82) is 0 Å². The molecule has 4 aromatic rings. The van der Waals surface area contributed by atoms with Gasteiger partial charge in [-0.3, -0.25) is 0 Å². The molecule has 1 aromatic heterocycles. The first kappa shape index (κ1) is 13.3. The van der Waals surface area contributed by atoms with Gasteiger partial charge in [-0.2, -0.15) is 0 Å². The molecule has 2 heterocycles. The number of furan rings is 1. The second kappa shape index (κ2) is 5.20. The average molecular weight is 309 g/mol. The fourth-order valence-electron chi connectivity index (χ4n) is 3.37. The van der Waals surface area contributed by atoms with Crippen LogP contribution in [0.3, 0.4) is 0 Å². The van der Waals surface area contributed by atoms with Crippen LogP contribution in [-0.4, -0.2) is 5.71 Å². The van der Waals surface area contributed by atoms with Crippen LogP contribution in [0.2, 0.25) is 0 Å². The molecule has 0 aliphatic carbocycles. The topological polar surface area (TPSA) is 25.5 Å². The summed E-state index contributed by atoms with van der Waals surface area (Å²) in [7, 11) is 0. The Bertz CT molecular complexity index is 1070. The van der Waals surface area contributed by atoms with Crippen molar-refractivity contribution in [3.63, 3.8) is 0 Å². The molecule has 3 aromatic carbocycles. The maximum Gasteiger partial charge on any atom is 0.161 e. The Morgan fingerprint density at radius 1 is 0.750 bits per heavy atom. The number of nitrogens with zero attached hydrogens (tertiary/aromatic N) is 1. The number of benzene rings is 3. The summed E-state index contributed by atoms with van der Waals surface area (Å²) in [5.41, 5.74) is 6.44. The standard InChI is InChI=1S/C22H15NO/c1-2-8-15(9-3-1)19-14-16-10-4-5-11-17(16)22-21(23-19)18-12-6-7-13-20(18)24-22/h1-13H,14H2. The van der Waals surface area contributed by atoms with Crippen molar-refractivity contribution >= 4 is 22.4 Å². The van der Waals surface area contributed by atoms with Gasteiger partial charge in [-0.25, -0.2) is 4.99 Å². The monoisotopic (exact) mass is 309 g/mol. The maximum atomic E-state index is 6.17. The van der Waals surface area contributed by atoms with Crippen LogP contribution in [0.4, 0.5) is 5.69 Å².